The molecule has 4 heterocycles. The van der Waals surface area contributed by atoms with Crippen LogP contribution in [-0.2, 0) is 13.1 Å². The van der Waals surface area contributed by atoms with Crippen molar-refractivity contribution >= 4 is 22.9 Å². The molecule has 8 heteroatoms. The van der Waals surface area contributed by atoms with E-state index in [4.69, 9.17) is 15.0 Å². The summed E-state index contributed by atoms with van der Waals surface area (Å²) < 4.78 is 2.24. The van der Waals surface area contributed by atoms with Crippen LogP contribution in [0.15, 0.2) is 30.6 Å². The lowest BCUT2D eigenvalue weighted by molar-refractivity contribution is 0.187. The molecule has 3 fully saturated rings. The summed E-state index contributed by atoms with van der Waals surface area (Å²) in [5.74, 6) is 1.68. The molecule has 8 nitrogen and oxygen atoms in total. The number of aryl methyl sites for hydroxylation is 2. The second-order valence-electron chi connectivity index (χ2n) is 11.2. The van der Waals surface area contributed by atoms with Gasteiger partial charge in [0.2, 0.25) is 5.95 Å². The van der Waals surface area contributed by atoms with Crippen LogP contribution in [0.1, 0.15) is 56.1 Å². The molecule has 0 amide bonds. The van der Waals surface area contributed by atoms with Crippen molar-refractivity contribution in [1.82, 2.24) is 29.3 Å². The fraction of sp³-hybridized carbons (Fsp3) is 0.621. The third-order valence-electron chi connectivity index (χ3n) is 8.54. The minimum Gasteiger partial charge on any atom is -0.352 e. The molecule has 2 aliphatic heterocycles. The van der Waals surface area contributed by atoms with Crippen LogP contribution in [-0.4, -0.2) is 81.2 Å². The minimum absolute atomic E-state index is 0.697. The Kier molecular flexibility index (Phi) is 7.55. The van der Waals surface area contributed by atoms with E-state index in [9.17, 15) is 0 Å². The molecular formula is C29H42N8. The van der Waals surface area contributed by atoms with Crippen molar-refractivity contribution in [1.29, 1.82) is 0 Å². The molecule has 1 aromatic carbocycles. The fourth-order valence-electron chi connectivity index (χ4n) is 6.32. The molecule has 198 valence electrons. The van der Waals surface area contributed by atoms with Gasteiger partial charge in [0, 0.05) is 45.3 Å². The van der Waals surface area contributed by atoms with Crippen LogP contribution in [0.2, 0.25) is 0 Å². The van der Waals surface area contributed by atoms with Gasteiger partial charge in [-0.3, -0.25) is 4.90 Å². The number of benzene rings is 1. The number of anilines is 2. The molecule has 0 atom stereocenters. The third-order valence-corrected chi connectivity index (χ3v) is 8.54. The average molecular weight is 503 g/mol. The number of imidazole rings is 1. The zero-order valence-corrected chi connectivity index (χ0v) is 22.4. The molecule has 37 heavy (non-hydrogen) atoms. The Balaban J connectivity index is 1.21. The number of likely N-dealkylation sites (tertiary alicyclic amines) is 1. The summed E-state index contributed by atoms with van der Waals surface area (Å²) in [5.41, 5.74) is 4.41. The molecule has 1 aliphatic carbocycles. The zero-order valence-electron chi connectivity index (χ0n) is 22.4. The Morgan fingerprint density at radius 1 is 0.865 bits per heavy atom. The van der Waals surface area contributed by atoms with Crippen LogP contribution in [0.4, 0.5) is 11.8 Å². The van der Waals surface area contributed by atoms with Crippen molar-refractivity contribution in [3.05, 3.63) is 41.7 Å². The topological polar surface area (TPSA) is 65.4 Å². The van der Waals surface area contributed by atoms with E-state index in [1.54, 1.807) is 0 Å². The minimum atomic E-state index is 0.697. The quantitative estimate of drug-likeness (QED) is 0.468. The summed E-state index contributed by atoms with van der Waals surface area (Å²) in [5, 5.41) is 3.51. The van der Waals surface area contributed by atoms with E-state index in [1.807, 2.05) is 6.33 Å². The first-order valence-electron chi connectivity index (χ1n) is 14.5. The van der Waals surface area contributed by atoms with Crippen molar-refractivity contribution in [2.24, 2.45) is 0 Å². The van der Waals surface area contributed by atoms with Gasteiger partial charge in [-0.1, -0.05) is 42.7 Å². The first kappa shape index (κ1) is 24.6. The standard InChI is InChI=1S/C29H42N8/c1-23-9-11-24(12-10-23)21-30-29-32-27(36-19-17-35(18-20-36)25-7-2-3-8-25)26-28(33-29)37(22-31-26)16-6-15-34-13-4-5-14-34/h9-12,22,25H,2-8,13-21H2,1H3,(H,30,32,33). The largest absolute Gasteiger partial charge is 0.352 e. The van der Waals surface area contributed by atoms with Gasteiger partial charge in [-0.15, -0.1) is 0 Å². The van der Waals surface area contributed by atoms with E-state index in [0.717, 1.165) is 68.7 Å². The normalized spacial score (nSPS) is 19.9. The average Bonchev–Trinajstić information content (AvgIpc) is 3.71. The van der Waals surface area contributed by atoms with Crippen molar-refractivity contribution in [2.45, 2.75) is 71.0 Å². The Labute approximate surface area is 221 Å². The van der Waals surface area contributed by atoms with E-state index in [-0.39, 0.29) is 0 Å². The Morgan fingerprint density at radius 3 is 2.38 bits per heavy atom. The van der Waals surface area contributed by atoms with Gasteiger partial charge < -0.3 is 19.7 Å². The number of hydrogen-bond acceptors (Lipinski definition) is 7. The number of nitrogens with one attached hydrogen (secondary N) is 1. The van der Waals surface area contributed by atoms with Crippen LogP contribution in [0, 0.1) is 6.92 Å². The number of hydrogen-bond donors (Lipinski definition) is 1. The van der Waals surface area contributed by atoms with E-state index < -0.39 is 0 Å². The smallest absolute Gasteiger partial charge is 0.227 e. The molecule has 3 aliphatic rings. The van der Waals surface area contributed by atoms with Crippen LogP contribution < -0.4 is 10.2 Å². The SMILES string of the molecule is Cc1ccc(CNc2nc(N3CCN(C4CCCC4)CC3)c3ncn(CCCN4CCCC4)c3n2)cc1. The lowest BCUT2D eigenvalue weighted by Crippen LogP contribution is -2.50. The van der Waals surface area contributed by atoms with E-state index in [1.165, 1.54) is 62.7 Å². The Bertz CT molecular complexity index is 1150. The Morgan fingerprint density at radius 2 is 1.62 bits per heavy atom. The summed E-state index contributed by atoms with van der Waals surface area (Å²) in [6.45, 7) is 11.6. The number of nitrogens with zero attached hydrogens (tertiary/aromatic N) is 7. The molecule has 0 spiro atoms. The highest BCUT2D eigenvalue weighted by Crippen LogP contribution is 2.29. The molecular weight excluding hydrogens is 460 g/mol. The number of rotatable bonds is 9. The maximum absolute atomic E-state index is 5.04. The predicted molar refractivity (Wildman–Crippen MR) is 150 cm³/mol. The second-order valence-corrected chi connectivity index (χ2v) is 11.2. The molecule has 0 unspecified atom stereocenters. The van der Waals surface area contributed by atoms with Crippen molar-refractivity contribution in [2.75, 3.05) is 56.0 Å². The summed E-state index contributed by atoms with van der Waals surface area (Å²) in [4.78, 5) is 22.6. The van der Waals surface area contributed by atoms with Gasteiger partial charge in [0.25, 0.3) is 0 Å². The molecule has 2 aromatic heterocycles. The van der Waals surface area contributed by atoms with Gasteiger partial charge in [-0.2, -0.15) is 9.97 Å². The van der Waals surface area contributed by atoms with Crippen molar-refractivity contribution < 1.29 is 0 Å². The third kappa shape index (κ3) is 5.75. The summed E-state index contributed by atoms with van der Waals surface area (Å²) in [6, 6.07) is 9.45. The van der Waals surface area contributed by atoms with Crippen LogP contribution in [0.5, 0.6) is 0 Å². The van der Waals surface area contributed by atoms with Crippen LogP contribution in [0.25, 0.3) is 11.2 Å². The zero-order chi connectivity index (χ0) is 25.0. The Hall–Kier alpha value is -2.71. The van der Waals surface area contributed by atoms with Crippen LogP contribution in [0.3, 0.4) is 0 Å². The summed E-state index contributed by atoms with van der Waals surface area (Å²) in [7, 11) is 0. The molecule has 0 bridgehead atoms. The van der Waals surface area contributed by atoms with Gasteiger partial charge in [0.15, 0.2) is 17.0 Å². The predicted octanol–water partition coefficient (Wildman–Crippen LogP) is 4.30. The highest BCUT2D eigenvalue weighted by Gasteiger charge is 2.28. The number of fused-ring (bicyclic) bond motifs is 1. The molecule has 1 saturated carbocycles. The molecule has 6 rings (SSSR count). The fourth-order valence-corrected chi connectivity index (χ4v) is 6.32. The first-order chi connectivity index (χ1) is 18.2. The molecule has 3 aromatic rings. The molecule has 1 N–H and O–H groups in total. The van der Waals surface area contributed by atoms with Gasteiger partial charge in [-0.25, -0.2) is 4.98 Å². The van der Waals surface area contributed by atoms with Gasteiger partial charge in [-0.05, 0) is 64.2 Å². The number of aromatic nitrogens is 4. The maximum Gasteiger partial charge on any atom is 0.227 e. The number of piperazine rings is 1. The monoisotopic (exact) mass is 502 g/mol. The van der Waals surface area contributed by atoms with Gasteiger partial charge >= 0.3 is 0 Å². The lowest BCUT2D eigenvalue weighted by atomic mass is 10.1. The summed E-state index contributed by atoms with van der Waals surface area (Å²) >= 11 is 0. The molecule has 0 radical (unpaired) electrons. The molecule has 2 saturated heterocycles. The highest BCUT2D eigenvalue weighted by atomic mass is 15.3. The van der Waals surface area contributed by atoms with E-state index in [2.05, 4.69) is 55.8 Å². The van der Waals surface area contributed by atoms with Crippen molar-refractivity contribution in [3.63, 3.8) is 0 Å². The van der Waals surface area contributed by atoms with E-state index >= 15 is 0 Å². The highest BCUT2D eigenvalue weighted by molar-refractivity contribution is 5.85. The maximum atomic E-state index is 5.04. The van der Waals surface area contributed by atoms with E-state index in [0.29, 0.717) is 12.5 Å². The van der Waals surface area contributed by atoms with Crippen LogP contribution >= 0.6 is 0 Å². The lowest BCUT2D eigenvalue weighted by Gasteiger charge is -2.38. The summed E-state index contributed by atoms with van der Waals surface area (Å²) in [6.07, 6.45) is 11.3. The first-order valence-corrected chi connectivity index (χ1v) is 14.5. The second kappa shape index (κ2) is 11.4. The van der Waals surface area contributed by atoms with Gasteiger partial charge in [0.05, 0.1) is 6.33 Å². The van der Waals surface area contributed by atoms with Crippen molar-refractivity contribution in [3.8, 4) is 0 Å². The van der Waals surface area contributed by atoms with Gasteiger partial charge in [0.1, 0.15) is 0 Å².